The van der Waals surface area contributed by atoms with Crippen molar-refractivity contribution in [3.05, 3.63) is 34.4 Å². The van der Waals surface area contributed by atoms with Gasteiger partial charge >= 0.3 is 0 Å². The zero-order valence-electron chi connectivity index (χ0n) is 18.1. The molecule has 0 radical (unpaired) electrons. The SMILES string of the molecule is Cl.NC(N)=NCCC[C@H](NC(=O)CNC(=O)[C@@H]1CCC(=O)N1)C(=O)Nc1ccc([N+](=O)[O-])cc1. The molecule has 15 heteroatoms. The average molecular weight is 499 g/mol. The summed E-state index contributed by atoms with van der Waals surface area (Å²) in [6.07, 6.45) is 1.15. The van der Waals surface area contributed by atoms with E-state index in [0.29, 0.717) is 18.5 Å². The third-order valence-corrected chi connectivity index (χ3v) is 4.68. The Kier molecular flexibility index (Phi) is 11.2. The van der Waals surface area contributed by atoms with Gasteiger partial charge in [0.15, 0.2) is 5.96 Å². The van der Waals surface area contributed by atoms with Gasteiger partial charge < -0.3 is 32.7 Å². The largest absolute Gasteiger partial charge is 0.370 e. The monoisotopic (exact) mass is 498 g/mol. The fraction of sp³-hybridized carbons (Fsp3) is 0.421. The van der Waals surface area contributed by atoms with Gasteiger partial charge in [-0.25, -0.2) is 0 Å². The van der Waals surface area contributed by atoms with Gasteiger partial charge in [-0.05, 0) is 31.4 Å². The van der Waals surface area contributed by atoms with Gasteiger partial charge in [0.1, 0.15) is 12.1 Å². The Morgan fingerprint density at radius 3 is 2.47 bits per heavy atom. The maximum absolute atomic E-state index is 12.7. The molecule has 0 spiro atoms. The van der Waals surface area contributed by atoms with Crippen molar-refractivity contribution >= 4 is 53.4 Å². The van der Waals surface area contributed by atoms with Gasteiger partial charge in [0.25, 0.3) is 5.69 Å². The summed E-state index contributed by atoms with van der Waals surface area (Å²) >= 11 is 0. The highest BCUT2D eigenvalue weighted by molar-refractivity contribution is 5.98. The predicted octanol–water partition coefficient (Wildman–Crippen LogP) is -1.11. The van der Waals surface area contributed by atoms with Gasteiger partial charge in [-0.3, -0.25) is 34.3 Å². The Balaban J connectivity index is 0.00000578. The van der Waals surface area contributed by atoms with E-state index in [2.05, 4.69) is 26.3 Å². The highest BCUT2D eigenvalue weighted by Crippen LogP contribution is 2.16. The lowest BCUT2D eigenvalue weighted by Gasteiger charge is -2.19. The van der Waals surface area contributed by atoms with Gasteiger partial charge in [0.05, 0.1) is 11.5 Å². The zero-order chi connectivity index (χ0) is 24.4. The number of anilines is 1. The molecular formula is C19H27ClN8O6. The van der Waals surface area contributed by atoms with Crippen molar-refractivity contribution in [3.63, 3.8) is 0 Å². The van der Waals surface area contributed by atoms with Crippen molar-refractivity contribution in [3.8, 4) is 0 Å². The molecule has 1 aromatic rings. The molecule has 0 bridgehead atoms. The molecule has 0 aromatic heterocycles. The minimum absolute atomic E-state index is 0. The second-order valence-electron chi connectivity index (χ2n) is 7.24. The number of nitro groups is 1. The molecule has 0 unspecified atom stereocenters. The highest BCUT2D eigenvalue weighted by atomic mass is 35.5. The molecule has 34 heavy (non-hydrogen) atoms. The van der Waals surface area contributed by atoms with E-state index in [4.69, 9.17) is 11.5 Å². The number of non-ortho nitro benzene ring substituents is 1. The number of aliphatic imine (C=N–C) groups is 1. The van der Waals surface area contributed by atoms with Crippen molar-refractivity contribution in [1.29, 1.82) is 0 Å². The van der Waals surface area contributed by atoms with Gasteiger partial charge in [-0.15, -0.1) is 12.4 Å². The summed E-state index contributed by atoms with van der Waals surface area (Å²) in [4.78, 5) is 62.3. The third-order valence-electron chi connectivity index (χ3n) is 4.68. The van der Waals surface area contributed by atoms with Gasteiger partial charge in [0, 0.05) is 30.8 Å². The number of nitrogens with two attached hydrogens (primary N) is 2. The van der Waals surface area contributed by atoms with Crippen LogP contribution < -0.4 is 32.7 Å². The highest BCUT2D eigenvalue weighted by Gasteiger charge is 2.28. The number of halogens is 1. The molecule has 1 aromatic carbocycles. The van der Waals surface area contributed by atoms with Crippen LogP contribution in [0.15, 0.2) is 29.3 Å². The van der Waals surface area contributed by atoms with E-state index < -0.39 is 34.7 Å². The molecule has 1 saturated heterocycles. The Hall–Kier alpha value is -3.94. The Bertz CT molecular complexity index is 935. The number of carbonyl (C=O) groups excluding carboxylic acids is 4. The summed E-state index contributed by atoms with van der Waals surface area (Å²) in [5, 5.41) is 20.8. The van der Waals surface area contributed by atoms with Crippen LogP contribution in [0.25, 0.3) is 0 Å². The van der Waals surface area contributed by atoms with E-state index in [1.165, 1.54) is 24.3 Å². The third kappa shape index (κ3) is 9.28. The lowest BCUT2D eigenvalue weighted by molar-refractivity contribution is -0.384. The Morgan fingerprint density at radius 2 is 1.91 bits per heavy atom. The Labute approximate surface area is 200 Å². The minimum Gasteiger partial charge on any atom is -0.370 e. The van der Waals surface area contributed by atoms with Crippen molar-refractivity contribution in [2.75, 3.05) is 18.4 Å². The average Bonchev–Trinajstić information content (AvgIpc) is 3.20. The molecule has 2 rings (SSSR count). The summed E-state index contributed by atoms with van der Waals surface area (Å²) in [5.41, 5.74) is 10.7. The molecule has 2 atom stereocenters. The zero-order valence-corrected chi connectivity index (χ0v) is 18.9. The second-order valence-corrected chi connectivity index (χ2v) is 7.24. The number of carbonyl (C=O) groups is 4. The lowest BCUT2D eigenvalue weighted by Crippen LogP contribution is -2.49. The molecule has 1 aliphatic heterocycles. The van der Waals surface area contributed by atoms with Gasteiger partial charge in [-0.2, -0.15) is 0 Å². The number of hydrogen-bond donors (Lipinski definition) is 6. The van der Waals surface area contributed by atoms with Crippen molar-refractivity contribution in [2.45, 2.75) is 37.8 Å². The molecule has 1 aliphatic rings. The number of nitrogens with one attached hydrogen (secondary N) is 4. The van der Waals surface area contributed by atoms with Crippen LogP contribution in [0.1, 0.15) is 25.7 Å². The van der Waals surface area contributed by atoms with Crippen molar-refractivity contribution in [2.24, 2.45) is 16.5 Å². The summed E-state index contributed by atoms with van der Waals surface area (Å²) in [7, 11) is 0. The van der Waals surface area contributed by atoms with Crippen LogP contribution in [0.5, 0.6) is 0 Å². The smallest absolute Gasteiger partial charge is 0.269 e. The maximum Gasteiger partial charge on any atom is 0.269 e. The normalized spacial score (nSPS) is 15.2. The van der Waals surface area contributed by atoms with Crippen LogP contribution >= 0.6 is 12.4 Å². The van der Waals surface area contributed by atoms with Gasteiger partial charge in [0.2, 0.25) is 23.6 Å². The number of hydrogen-bond acceptors (Lipinski definition) is 7. The topological polar surface area (TPSA) is 224 Å². The molecule has 0 saturated carbocycles. The van der Waals surface area contributed by atoms with Crippen LogP contribution in [-0.2, 0) is 19.2 Å². The number of nitrogens with zero attached hydrogens (tertiary/aromatic N) is 2. The summed E-state index contributed by atoms with van der Waals surface area (Å²) in [6, 6.07) is 3.53. The Morgan fingerprint density at radius 1 is 1.24 bits per heavy atom. The van der Waals surface area contributed by atoms with Crippen LogP contribution in [-0.4, -0.2) is 59.7 Å². The van der Waals surface area contributed by atoms with E-state index in [9.17, 15) is 29.3 Å². The van der Waals surface area contributed by atoms with Crippen LogP contribution in [0.4, 0.5) is 11.4 Å². The first-order chi connectivity index (χ1) is 15.7. The fourth-order valence-electron chi connectivity index (χ4n) is 3.01. The molecule has 4 amide bonds. The molecule has 14 nitrogen and oxygen atoms in total. The molecule has 8 N–H and O–H groups in total. The van der Waals surface area contributed by atoms with Crippen LogP contribution in [0.2, 0.25) is 0 Å². The standard InChI is InChI=1S/C19H26N8O6.ClH/c20-19(21)22-9-1-2-13(18(31)24-11-3-5-12(6-4-11)27(32)33)26-16(29)10-23-17(30)14-7-8-15(28)25-14;/h3-6,13-14H,1-2,7-10H2,(H,23,30)(H,24,31)(H,25,28)(H,26,29)(H4,20,21,22);1H/t13-,14-;/m0./s1. The molecule has 186 valence electrons. The molecule has 1 heterocycles. The number of rotatable bonds is 11. The molecule has 1 fully saturated rings. The first kappa shape index (κ1) is 28.1. The summed E-state index contributed by atoms with van der Waals surface area (Å²) in [5.74, 6) is -2.00. The molecule has 0 aliphatic carbocycles. The number of benzene rings is 1. The van der Waals surface area contributed by atoms with E-state index in [-0.39, 0.29) is 55.9 Å². The van der Waals surface area contributed by atoms with Crippen LogP contribution in [0.3, 0.4) is 0 Å². The maximum atomic E-state index is 12.7. The summed E-state index contributed by atoms with van der Waals surface area (Å²) < 4.78 is 0. The van der Waals surface area contributed by atoms with E-state index in [0.717, 1.165) is 0 Å². The fourth-order valence-corrected chi connectivity index (χ4v) is 3.01. The number of amides is 4. The van der Waals surface area contributed by atoms with E-state index in [1.54, 1.807) is 0 Å². The molecular weight excluding hydrogens is 472 g/mol. The van der Waals surface area contributed by atoms with Crippen molar-refractivity contribution < 1.29 is 24.1 Å². The lowest BCUT2D eigenvalue weighted by atomic mass is 10.1. The predicted molar refractivity (Wildman–Crippen MR) is 125 cm³/mol. The van der Waals surface area contributed by atoms with Gasteiger partial charge in [-0.1, -0.05) is 0 Å². The van der Waals surface area contributed by atoms with Crippen LogP contribution in [0, 0.1) is 10.1 Å². The quantitative estimate of drug-likeness (QED) is 0.0718. The second kappa shape index (κ2) is 13.6. The summed E-state index contributed by atoms with van der Waals surface area (Å²) in [6.45, 7) is -0.155. The first-order valence-electron chi connectivity index (χ1n) is 10.1. The number of guanidine groups is 1. The minimum atomic E-state index is -0.982. The van der Waals surface area contributed by atoms with Crippen molar-refractivity contribution in [1.82, 2.24) is 16.0 Å². The van der Waals surface area contributed by atoms with E-state index in [1.807, 2.05) is 0 Å². The first-order valence-corrected chi connectivity index (χ1v) is 10.1. The van der Waals surface area contributed by atoms with E-state index >= 15 is 0 Å². The number of nitro benzene ring substituents is 1.